The second kappa shape index (κ2) is 203. The van der Waals surface area contributed by atoms with Gasteiger partial charge in [0.25, 0.3) is 0 Å². The Balaban J connectivity index is -0.0000000358. The Hall–Kier alpha value is -1.18. The van der Waals surface area contributed by atoms with Gasteiger partial charge in [-0.15, -0.1) is 141 Å². The Morgan fingerprint density at radius 1 is 0.169 bits per heavy atom. The van der Waals surface area contributed by atoms with Gasteiger partial charge in [0.2, 0.25) is 0 Å². The average Bonchev–Trinajstić information content (AvgIpc) is 0.919. The van der Waals surface area contributed by atoms with Crippen LogP contribution in [0.5, 0.6) is 0 Å². The van der Waals surface area contributed by atoms with Gasteiger partial charge in [0.15, 0.2) is 0 Å². The molecule has 0 radical (unpaired) electrons. The fourth-order valence-electron chi connectivity index (χ4n) is 9.46. The minimum Gasteiger partial charge on any atom is -0.678 e. The number of carbonyl (C=O) groups excluding carboxylic acids is 12. The Morgan fingerprint density at radius 2 is 0.291 bits per heavy atom. The Labute approximate surface area is 997 Å². The van der Waals surface area contributed by atoms with Crippen molar-refractivity contribution < 1.29 is 174 Å². The van der Waals surface area contributed by atoms with E-state index in [1.54, 1.807) is 0 Å². The summed E-state index contributed by atoms with van der Waals surface area (Å²) in [6.45, 7) is 155. The molecule has 14 unspecified atom stereocenters. The number of hydrogen-bond donors (Lipinski definition) is 0. The third kappa shape index (κ3) is 307. The predicted octanol–water partition coefficient (Wildman–Crippen LogP) is 30.7. The molecule has 0 spiro atoms. The molecule has 0 aliphatic rings. The number of nitrogens with zero attached hydrogens (tertiary/aromatic N) is 24. The molecule has 0 aromatic carbocycles. The molecule has 0 saturated carbocycles. The Bertz CT molecular complexity index is 1910. The largest absolute Gasteiger partial charge is 6.00 e. The third-order valence-corrected chi connectivity index (χ3v) is 15.1. The molecule has 0 aromatic heterocycles. The van der Waals surface area contributed by atoms with Gasteiger partial charge in [0, 0.05) is 0 Å². The van der Waals surface area contributed by atoms with Crippen LogP contribution >= 0.6 is 0 Å². The van der Waals surface area contributed by atoms with Crippen molar-refractivity contribution in [3.05, 3.63) is 128 Å². The summed E-state index contributed by atoms with van der Waals surface area (Å²) in [6, 6.07) is 2.58. The van der Waals surface area contributed by atoms with Crippen molar-refractivity contribution in [2.24, 2.45) is 0 Å². The third-order valence-electron chi connectivity index (χ3n) is 15.1. The van der Waals surface area contributed by atoms with Crippen molar-refractivity contribution in [1.29, 1.82) is 0 Å². The first-order chi connectivity index (χ1) is 66.6. The molecule has 0 amide bonds. The fourth-order valence-corrected chi connectivity index (χ4v) is 9.46. The van der Waals surface area contributed by atoms with Gasteiger partial charge in [-0.25, -0.2) is 74.0 Å². The molecule has 0 rings (SSSR count). The maximum Gasteiger partial charge on any atom is 6.00 e. The van der Waals surface area contributed by atoms with Crippen molar-refractivity contribution in [2.45, 2.75) is 530 Å². The SMILES string of the molecule is CCC[N-]C(C)[N-]C(C)C.CCC[N-]C(C)[N-]C(C)C.CCC[N-]C(C)[N-]CC.CCC[N-]C(C)[N-]CC.CC[N-]C(C)[N-]C(C)(C)C.CC[N-]C(C)[N-]C(C)(C)C.CC[N-]C(C)[N-]C(C)(C)CC.CC[N-]C(C)[N-]C(C)(C)CC.CC[N-]C(C)[N-]C(C)C.CC[N-]C(C)[N-]C(C)C.CC[N-]C(C)[N-]C(C)CC.CC[N-]C(C)[N-]C(C)CC.[CH-]=O.[CH-]=O.[CH-]=O.[CH-]=O.[CH-]=O.[CH-]=O.[CH-]=O.[CH-]=O.[CH-]=O.[CH-]=O.[CH-]=O.[CH-]=O.[Ru+6].[Ru+6].[Ru+6].[Ru+6].[Ru+6].[Ru+6]. The van der Waals surface area contributed by atoms with E-state index in [2.05, 4.69) is 403 Å². The molecular weight excluding hydrogens is 2410 g/mol. The van der Waals surface area contributed by atoms with Gasteiger partial charge >= 0.3 is 117 Å². The van der Waals surface area contributed by atoms with Crippen LogP contribution in [-0.4, -0.2) is 305 Å². The summed E-state index contributed by atoms with van der Waals surface area (Å²) < 4.78 is 0. The van der Waals surface area contributed by atoms with Crippen molar-refractivity contribution in [1.82, 2.24) is 0 Å². The van der Waals surface area contributed by atoms with Crippen molar-refractivity contribution >= 4 is 81.5 Å². The standard InChI is InChI=1S/2C9H20N2.6C8H18N2.4C7H16N2.12CHO.6Ru/c2*1-6-9(4,5)11-8(3)10-7-2;2*1-6-9-7(2)10-8(3,4)5;2*1-5-6-9-8(4)10-7(2)3;2*1-5-7(3)10-8(4)9-6-2;2*1-5-8-7(4)9-6(2)3;2*1-4-6-9-7(3)8-5-2;12*1-2;;;;;;/h2*8H,6-7H2,1-5H3;2*7H,6H2,1-5H3;4*7-8H,5-6H2,1-4H3;2*6-7H,5H2,1-4H3;2*7H,4-6H2,1-3H3;12*1H;;;;;;/q12*-2;12*-1;6*+6. The van der Waals surface area contributed by atoms with Crippen molar-refractivity contribution in [3.8, 4) is 0 Å². The van der Waals surface area contributed by atoms with E-state index in [0.29, 0.717) is 36.3 Å². The van der Waals surface area contributed by atoms with Crippen LogP contribution in [0, 0.1) is 0 Å². The van der Waals surface area contributed by atoms with Crippen molar-refractivity contribution in [3.63, 3.8) is 0 Å². The normalized spacial score (nSPS) is 12.2. The smallest absolute Gasteiger partial charge is 0.678 e. The van der Waals surface area contributed by atoms with E-state index in [1.807, 2.05) is 152 Å². The maximum absolute atomic E-state index is 7.75. The minimum absolute atomic E-state index is 0. The molecule has 14 atom stereocenters. The summed E-state index contributed by atoms with van der Waals surface area (Å²) in [5.41, 5.74) is 0.298. The molecular formula is C106H224N24O12Ru6. The first-order valence-corrected chi connectivity index (χ1v) is 49.8. The van der Waals surface area contributed by atoms with Crippen LogP contribution in [0.25, 0.3) is 128 Å². The van der Waals surface area contributed by atoms with Crippen LogP contribution in [0.1, 0.15) is 398 Å². The van der Waals surface area contributed by atoms with Crippen molar-refractivity contribution in [2.75, 3.05) is 91.6 Å². The summed E-state index contributed by atoms with van der Waals surface area (Å²) in [7, 11) is 0. The summed E-state index contributed by atoms with van der Waals surface area (Å²) in [6.07, 6.45) is 11.1. The van der Waals surface area contributed by atoms with Gasteiger partial charge in [0.05, 0.1) is 0 Å². The zero-order valence-electron chi connectivity index (χ0n) is 103. The van der Waals surface area contributed by atoms with Gasteiger partial charge < -0.3 is 185 Å². The average molecular weight is 2630 g/mol. The molecule has 0 saturated heterocycles. The Morgan fingerprint density at radius 3 is 0.412 bits per heavy atom. The molecule has 0 bridgehead atoms. The van der Waals surface area contributed by atoms with E-state index < -0.39 is 0 Å². The van der Waals surface area contributed by atoms with Crippen LogP contribution in [0.3, 0.4) is 0 Å². The van der Waals surface area contributed by atoms with E-state index in [-0.39, 0.29) is 213 Å². The van der Waals surface area contributed by atoms with E-state index >= 15 is 0 Å². The van der Waals surface area contributed by atoms with E-state index in [0.717, 1.165) is 143 Å². The van der Waals surface area contributed by atoms with E-state index in [9.17, 15) is 0 Å². The zero-order chi connectivity index (χ0) is 119. The Kier molecular flexibility index (Phi) is 313. The quantitative estimate of drug-likeness (QED) is 0.0311. The zero-order valence-corrected chi connectivity index (χ0v) is 113. The predicted molar refractivity (Wildman–Crippen MR) is 630 cm³/mol. The van der Waals surface area contributed by atoms with E-state index in [1.165, 1.54) is 0 Å². The van der Waals surface area contributed by atoms with Crippen LogP contribution in [0.2, 0.25) is 0 Å². The van der Waals surface area contributed by atoms with Gasteiger partial charge in [-0.3, -0.25) is 81.5 Å². The summed E-state index contributed by atoms with van der Waals surface area (Å²) in [5, 5.41) is 104. The summed E-state index contributed by atoms with van der Waals surface area (Å²) >= 11 is 0. The molecule has 0 N–H and O–H groups in total. The molecule has 148 heavy (non-hydrogen) atoms. The molecule has 0 fully saturated rings. The monoisotopic (exact) mass is 2640 g/mol. The summed E-state index contributed by atoms with van der Waals surface area (Å²) in [5.74, 6) is 0. The van der Waals surface area contributed by atoms with E-state index in [4.69, 9.17) is 57.5 Å². The van der Waals surface area contributed by atoms with Crippen LogP contribution in [-0.2, 0) is 174 Å². The van der Waals surface area contributed by atoms with Gasteiger partial charge in [0.1, 0.15) is 0 Å². The van der Waals surface area contributed by atoms with Gasteiger partial charge in [-0.2, -0.15) is 91.6 Å². The summed E-state index contributed by atoms with van der Waals surface area (Å²) in [4.78, 5) is 93.0. The molecule has 888 valence electrons. The second-order valence-corrected chi connectivity index (χ2v) is 33.2. The first kappa shape index (κ1) is 229. The van der Waals surface area contributed by atoms with Crippen LogP contribution in [0.4, 0.5) is 0 Å². The topological polar surface area (TPSA) is 543 Å². The number of hydrogen-bond acceptors (Lipinski definition) is 12. The maximum atomic E-state index is 7.75. The first-order valence-electron chi connectivity index (χ1n) is 49.8. The minimum atomic E-state index is 0. The molecule has 0 heterocycles. The van der Waals surface area contributed by atoms with Gasteiger partial charge in [-0.05, 0) is 0 Å². The van der Waals surface area contributed by atoms with Crippen LogP contribution < -0.4 is 0 Å². The molecule has 0 aliphatic heterocycles. The second-order valence-electron chi connectivity index (χ2n) is 33.2. The molecule has 42 heteroatoms. The number of rotatable bonds is 54. The molecule has 0 aliphatic carbocycles. The van der Waals surface area contributed by atoms with Gasteiger partial charge in [-0.1, -0.05) is 314 Å². The fraction of sp³-hybridized carbons (Fsp3) is 0.887. The molecule has 0 aromatic rings. The molecule has 36 nitrogen and oxygen atoms in total. The van der Waals surface area contributed by atoms with Crippen LogP contribution in [0.15, 0.2) is 0 Å².